The molecule has 0 bridgehead atoms. The lowest BCUT2D eigenvalue weighted by Gasteiger charge is -2.21. The van der Waals surface area contributed by atoms with E-state index in [-0.39, 0.29) is 11.9 Å². The van der Waals surface area contributed by atoms with E-state index in [1.807, 2.05) is 41.3 Å². The Hall–Kier alpha value is -1.77. The van der Waals surface area contributed by atoms with E-state index < -0.39 is 0 Å². The average molecular weight is 246 g/mol. The van der Waals surface area contributed by atoms with E-state index in [1.54, 1.807) is 0 Å². The van der Waals surface area contributed by atoms with Gasteiger partial charge in [-0.3, -0.25) is 4.68 Å². The van der Waals surface area contributed by atoms with Crippen LogP contribution < -0.4 is 5.43 Å². The second-order valence-corrected chi connectivity index (χ2v) is 4.47. The van der Waals surface area contributed by atoms with Gasteiger partial charge in [-0.2, -0.15) is 0 Å². The smallest absolute Gasteiger partial charge is 0.123 e. The number of rotatable bonds is 6. The Morgan fingerprint density at radius 2 is 1.83 bits per heavy atom. The van der Waals surface area contributed by atoms with Crippen LogP contribution >= 0.6 is 0 Å². The minimum atomic E-state index is -0.186. The fourth-order valence-corrected chi connectivity index (χ4v) is 2.01. The zero-order chi connectivity index (χ0) is 12.8. The second-order valence-electron chi connectivity index (χ2n) is 4.47. The molecule has 0 radical (unpaired) electrons. The van der Waals surface area contributed by atoms with Crippen molar-refractivity contribution in [2.75, 3.05) is 5.43 Å². The van der Waals surface area contributed by atoms with Gasteiger partial charge in [0, 0.05) is 12.4 Å². The molecule has 0 aliphatic rings. The van der Waals surface area contributed by atoms with E-state index in [4.69, 9.17) is 0 Å². The summed E-state index contributed by atoms with van der Waals surface area (Å²) in [5.74, 6) is -0.186. The van der Waals surface area contributed by atoms with E-state index >= 15 is 0 Å². The van der Waals surface area contributed by atoms with Crippen LogP contribution in [0, 0.1) is 5.82 Å². The van der Waals surface area contributed by atoms with Crippen molar-refractivity contribution in [1.82, 2.24) is 4.68 Å². The van der Waals surface area contributed by atoms with Gasteiger partial charge in [0.25, 0.3) is 0 Å². The zero-order valence-corrected chi connectivity index (χ0v) is 10.6. The molecule has 1 N–H and O–H groups in total. The van der Waals surface area contributed by atoms with Gasteiger partial charge in [-0.15, -0.1) is 0 Å². The Morgan fingerprint density at radius 1 is 1.17 bits per heavy atom. The molecule has 0 aliphatic carbocycles. The molecule has 0 amide bonds. The summed E-state index contributed by atoms with van der Waals surface area (Å²) in [5, 5.41) is 0. The van der Waals surface area contributed by atoms with Crippen LogP contribution in [-0.4, -0.2) is 4.68 Å². The quantitative estimate of drug-likeness (QED) is 0.812. The van der Waals surface area contributed by atoms with Crippen molar-refractivity contribution in [2.45, 2.75) is 32.2 Å². The first-order valence-electron chi connectivity index (χ1n) is 6.44. The number of hydrogen-bond donors (Lipinski definition) is 1. The number of nitrogens with one attached hydrogen (secondary N) is 1. The predicted octanol–water partition coefficient (Wildman–Crippen LogP) is 4.10. The number of aromatic nitrogens is 1. The summed E-state index contributed by atoms with van der Waals surface area (Å²) in [6, 6.07) is 10.9. The average Bonchev–Trinajstić information content (AvgIpc) is 2.88. The summed E-state index contributed by atoms with van der Waals surface area (Å²) in [4.78, 5) is 0. The molecule has 1 unspecified atom stereocenters. The van der Waals surface area contributed by atoms with Crippen LogP contribution in [0.25, 0.3) is 0 Å². The van der Waals surface area contributed by atoms with Crippen molar-refractivity contribution in [1.29, 1.82) is 0 Å². The van der Waals surface area contributed by atoms with Crippen molar-refractivity contribution in [3.05, 3.63) is 60.2 Å². The maximum absolute atomic E-state index is 13.0. The summed E-state index contributed by atoms with van der Waals surface area (Å²) < 4.78 is 14.9. The standard InChI is InChI=1S/C15H19FN2/c1-2-3-6-15(17-18-11-4-5-12-18)13-7-9-14(16)10-8-13/h4-5,7-12,15,17H,2-3,6H2,1H3. The second kappa shape index (κ2) is 6.24. The van der Waals surface area contributed by atoms with Crippen molar-refractivity contribution < 1.29 is 4.39 Å². The third-order valence-electron chi connectivity index (χ3n) is 3.03. The van der Waals surface area contributed by atoms with Crippen LogP contribution in [-0.2, 0) is 0 Å². The predicted molar refractivity (Wildman–Crippen MR) is 72.5 cm³/mol. The highest BCUT2D eigenvalue weighted by atomic mass is 19.1. The van der Waals surface area contributed by atoms with Crippen molar-refractivity contribution >= 4 is 0 Å². The van der Waals surface area contributed by atoms with E-state index in [1.165, 1.54) is 12.1 Å². The molecule has 1 atom stereocenters. The third-order valence-corrected chi connectivity index (χ3v) is 3.03. The first-order valence-corrected chi connectivity index (χ1v) is 6.44. The Labute approximate surface area is 107 Å². The van der Waals surface area contributed by atoms with Crippen LogP contribution in [0.4, 0.5) is 4.39 Å². The molecule has 0 saturated carbocycles. The molecule has 0 aliphatic heterocycles. The Balaban J connectivity index is 2.11. The normalized spacial score (nSPS) is 12.3. The highest BCUT2D eigenvalue weighted by Crippen LogP contribution is 2.21. The third kappa shape index (κ3) is 3.36. The van der Waals surface area contributed by atoms with Crippen LogP contribution in [0.15, 0.2) is 48.8 Å². The number of benzene rings is 1. The molecular weight excluding hydrogens is 227 g/mol. The monoisotopic (exact) mass is 246 g/mol. The lowest BCUT2D eigenvalue weighted by molar-refractivity contribution is 0.580. The molecule has 2 rings (SSSR count). The SMILES string of the molecule is CCCCC(Nn1cccc1)c1ccc(F)cc1. The molecule has 1 heterocycles. The van der Waals surface area contributed by atoms with Gasteiger partial charge in [-0.1, -0.05) is 31.9 Å². The minimum absolute atomic E-state index is 0.186. The summed E-state index contributed by atoms with van der Waals surface area (Å²) in [6.07, 6.45) is 7.30. The van der Waals surface area contributed by atoms with Crippen LogP contribution in [0.3, 0.4) is 0 Å². The first kappa shape index (κ1) is 12.7. The van der Waals surface area contributed by atoms with E-state index in [2.05, 4.69) is 12.3 Å². The van der Waals surface area contributed by atoms with Gasteiger partial charge in [0.2, 0.25) is 0 Å². The number of halogens is 1. The highest BCUT2D eigenvalue weighted by molar-refractivity contribution is 5.22. The molecule has 18 heavy (non-hydrogen) atoms. The van der Waals surface area contributed by atoms with Crippen molar-refractivity contribution in [3.8, 4) is 0 Å². The lowest BCUT2D eigenvalue weighted by Crippen LogP contribution is -2.19. The fourth-order valence-electron chi connectivity index (χ4n) is 2.01. The van der Waals surface area contributed by atoms with Crippen LogP contribution in [0.2, 0.25) is 0 Å². The van der Waals surface area contributed by atoms with Gasteiger partial charge < -0.3 is 5.43 Å². The van der Waals surface area contributed by atoms with E-state index in [9.17, 15) is 4.39 Å². The van der Waals surface area contributed by atoms with E-state index in [0.29, 0.717) is 0 Å². The van der Waals surface area contributed by atoms with Gasteiger partial charge in [0.1, 0.15) is 5.82 Å². The molecule has 0 saturated heterocycles. The highest BCUT2D eigenvalue weighted by Gasteiger charge is 2.10. The van der Waals surface area contributed by atoms with Gasteiger partial charge in [0.05, 0.1) is 6.04 Å². The van der Waals surface area contributed by atoms with Gasteiger partial charge in [-0.05, 0) is 36.2 Å². The largest absolute Gasteiger partial charge is 0.319 e. The molecule has 2 nitrogen and oxygen atoms in total. The molecule has 1 aromatic carbocycles. The number of unbranched alkanes of at least 4 members (excludes halogenated alkanes) is 1. The molecule has 2 aromatic rings. The molecule has 0 spiro atoms. The van der Waals surface area contributed by atoms with E-state index in [0.717, 1.165) is 24.8 Å². The Bertz CT molecular complexity index is 448. The molecule has 0 fully saturated rings. The summed E-state index contributed by atoms with van der Waals surface area (Å²) >= 11 is 0. The fraction of sp³-hybridized carbons (Fsp3) is 0.333. The molecular formula is C15H19FN2. The summed E-state index contributed by atoms with van der Waals surface area (Å²) in [7, 11) is 0. The Morgan fingerprint density at radius 3 is 2.44 bits per heavy atom. The van der Waals surface area contributed by atoms with Gasteiger partial charge in [0.15, 0.2) is 0 Å². The zero-order valence-electron chi connectivity index (χ0n) is 10.6. The summed E-state index contributed by atoms with van der Waals surface area (Å²) in [6.45, 7) is 2.18. The molecule has 96 valence electrons. The maximum atomic E-state index is 13.0. The maximum Gasteiger partial charge on any atom is 0.123 e. The molecule has 3 heteroatoms. The number of hydrogen-bond acceptors (Lipinski definition) is 1. The van der Waals surface area contributed by atoms with Crippen LogP contribution in [0.5, 0.6) is 0 Å². The van der Waals surface area contributed by atoms with Crippen LogP contribution in [0.1, 0.15) is 37.8 Å². The minimum Gasteiger partial charge on any atom is -0.319 e. The topological polar surface area (TPSA) is 17.0 Å². The Kier molecular flexibility index (Phi) is 4.40. The lowest BCUT2D eigenvalue weighted by atomic mass is 10.0. The molecule has 1 aromatic heterocycles. The van der Waals surface area contributed by atoms with Crippen molar-refractivity contribution in [3.63, 3.8) is 0 Å². The number of nitrogens with zero attached hydrogens (tertiary/aromatic N) is 1. The van der Waals surface area contributed by atoms with Gasteiger partial charge in [-0.25, -0.2) is 4.39 Å². The van der Waals surface area contributed by atoms with Crippen molar-refractivity contribution in [2.24, 2.45) is 0 Å². The summed E-state index contributed by atoms with van der Waals surface area (Å²) in [5.41, 5.74) is 4.55. The van der Waals surface area contributed by atoms with Gasteiger partial charge >= 0.3 is 0 Å². The first-order chi connectivity index (χ1) is 8.79.